The number of esters is 1. The number of diazo groups is 1. The molecule has 0 aromatic heterocycles. The van der Waals surface area contributed by atoms with Crippen molar-refractivity contribution in [3.8, 4) is 0 Å². The van der Waals surface area contributed by atoms with Gasteiger partial charge < -0.3 is 14.8 Å². The van der Waals surface area contributed by atoms with Crippen molar-refractivity contribution in [2.75, 3.05) is 13.7 Å². The summed E-state index contributed by atoms with van der Waals surface area (Å²) in [7, 11) is 1.16. The van der Waals surface area contributed by atoms with Crippen molar-refractivity contribution >= 4 is 17.8 Å². The molecule has 1 atom stereocenters. The van der Waals surface area contributed by atoms with E-state index in [0.717, 1.165) is 7.11 Å². The summed E-state index contributed by atoms with van der Waals surface area (Å²) in [5.41, 5.74) is -0.732. The number of carbonyl (C=O) groups excluding carboxylic acids is 3. The fraction of sp³-hybridized carbons (Fsp3) is 0.727. The van der Waals surface area contributed by atoms with Crippen molar-refractivity contribution in [3.63, 3.8) is 0 Å². The number of rotatable bonds is 5. The Kier molecular flexibility index (Phi) is 6.47. The second-order valence-electron chi connectivity index (χ2n) is 4.74. The minimum atomic E-state index is -1.15. The van der Waals surface area contributed by atoms with E-state index in [4.69, 9.17) is 10.1 Å². The molecule has 0 aromatic rings. The minimum Gasteiger partial charge on any atom is -0.469 e. The minimum absolute atomic E-state index is 0.357. The predicted octanol–water partition coefficient (Wildman–Crippen LogP) is 0.865. The maximum atomic E-state index is 11.6. The summed E-state index contributed by atoms with van der Waals surface area (Å²) in [6, 6.07) is -1.15. The Morgan fingerprint density at radius 1 is 1.32 bits per heavy atom. The lowest BCUT2D eigenvalue weighted by atomic mass is 10.1. The number of nitrogens with one attached hydrogen (secondary N) is 1. The fourth-order valence-corrected chi connectivity index (χ4v) is 1.13. The van der Waals surface area contributed by atoms with E-state index in [1.165, 1.54) is 0 Å². The Hall–Kier alpha value is -2.17. The van der Waals surface area contributed by atoms with Gasteiger partial charge in [-0.3, -0.25) is 9.59 Å². The van der Waals surface area contributed by atoms with Crippen LogP contribution in [0.25, 0.3) is 4.98 Å². The van der Waals surface area contributed by atoms with Crippen LogP contribution < -0.4 is 5.32 Å². The highest BCUT2D eigenvalue weighted by molar-refractivity contribution is 5.93. The van der Waals surface area contributed by atoms with Gasteiger partial charge in [-0.15, -0.1) is 0 Å². The van der Waals surface area contributed by atoms with Crippen LogP contribution in [0.3, 0.4) is 0 Å². The third kappa shape index (κ3) is 7.70. The van der Waals surface area contributed by atoms with Crippen molar-refractivity contribution in [2.24, 2.45) is 0 Å². The quantitative estimate of drug-likeness (QED) is 0.587. The molecule has 0 fully saturated rings. The number of nitrogens with zero attached hydrogens (tertiary/aromatic N) is 2. The summed E-state index contributed by atoms with van der Waals surface area (Å²) in [6.07, 6.45) is -1.20. The number of methoxy groups -OCH3 is 1. The molecule has 0 aliphatic heterocycles. The van der Waals surface area contributed by atoms with Gasteiger partial charge in [0, 0.05) is 0 Å². The molecule has 0 rings (SSSR count). The van der Waals surface area contributed by atoms with E-state index in [2.05, 4.69) is 15.0 Å². The number of ether oxygens (including phenoxy) is 2. The molecule has 8 nitrogen and oxygen atoms in total. The fourth-order valence-electron chi connectivity index (χ4n) is 1.13. The summed E-state index contributed by atoms with van der Waals surface area (Å²) in [5.74, 6) is -1.30. The zero-order valence-electron chi connectivity index (χ0n) is 11.4. The molecule has 0 radical (unpaired) electrons. The lowest BCUT2D eigenvalue weighted by molar-refractivity contribution is -0.142. The predicted molar refractivity (Wildman–Crippen MR) is 64.7 cm³/mol. The Morgan fingerprint density at radius 3 is 2.32 bits per heavy atom. The van der Waals surface area contributed by atoms with Gasteiger partial charge in [-0.2, -0.15) is 0 Å². The van der Waals surface area contributed by atoms with Crippen LogP contribution in [-0.4, -0.2) is 43.1 Å². The highest BCUT2D eigenvalue weighted by Crippen LogP contribution is 2.07. The Morgan fingerprint density at radius 2 is 1.89 bits per heavy atom. The van der Waals surface area contributed by atoms with E-state index in [1.807, 2.05) is 0 Å². The first kappa shape index (κ1) is 16.8. The van der Waals surface area contributed by atoms with Gasteiger partial charge in [0.2, 0.25) is 11.2 Å². The summed E-state index contributed by atoms with van der Waals surface area (Å²) in [5, 5.41) is 10.6. The van der Waals surface area contributed by atoms with Crippen LogP contribution in [0, 0.1) is 5.39 Å². The molecule has 1 amide bonds. The molecular weight excluding hydrogens is 254 g/mol. The summed E-state index contributed by atoms with van der Waals surface area (Å²) in [6.45, 7) is 4.45. The van der Waals surface area contributed by atoms with Crippen LogP contribution in [0.15, 0.2) is 0 Å². The van der Waals surface area contributed by atoms with Gasteiger partial charge in [0.05, 0.1) is 13.5 Å². The molecule has 0 aromatic carbocycles. The number of carbonyl (C=O) groups is 3. The molecule has 0 saturated carbocycles. The Bertz CT molecular complexity index is 394. The summed E-state index contributed by atoms with van der Waals surface area (Å²) >= 11 is 0. The first-order valence-corrected chi connectivity index (χ1v) is 5.59. The zero-order valence-corrected chi connectivity index (χ0v) is 11.4. The lowest BCUT2D eigenvalue weighted by Gasteiger charge is -2.21. The molecule has 0 aliphatic carbocycles. The first-order valence-electron chi connectivity index (χ1n) is 5.59. The van der Waals surface area contributed by atoms with E-state index in [0.29, 0.717) is 0 Å². The van der Waals surface area contributed by atoms with Crippen LogP contribution in [0.4, 0.5) is 4.79 Å². The molecule has 0 saturated heterocycles. The van der Waals surface area contributed by atoms with Crippen LogP contribution in [-0.2, 0) is 19.1 Å². The smallest absolute Gasteiger partial charge is 0.408 e. The maximum absolute atomic E-state index is 11.6. The largest absolute Gasteiger partial charge is 0.469 e. The molecule has 1 N–H and O–H groups in total. The highest BCUT2D eigenvalue weighted by Gasteiger charge is 2.29. The van der Waals surface area contributed by atoms with Crippen LogP contribution >= 0.6 is 0 Å². The molecule has 19 heavy (non-hydrogen) atoms. The number of Topliss-reactive ketones (excluding diaryl/α,β-unsaturated/α-hetero) is 1. The van der Waals surface area contributed by atoms with E-state index in [9.17, 15) is 14.4 Å². The standard InChI is InChI=1S/C11H17N3O5/c1-11(2,3)19-10(17)14-7(5-9(16)18-4)8(15)6-13-12/h7H,5-6H2,1-4H3/p+1/t7-/m0/s1. The molecule has 0 spiro atoms. The van der Waals surface area contributed by atoms with Gasteiger partial charge >= 0.3 is 18.6 Å². The lowest BCUT2D eigenvalue weighted by Crippen LogP contribution is -2.45. The number of hydrogen-bond donors (Lipinski definition) is 1. The normalized spacial score (nSPS) is 11.9. The molecule has 0 heterocycles. The van der Waals surface area contributed by atoms with Crippen molar-refractivity contribution < 1.29 is 23.9 Å². The van der Waals surface area contributed by atoms with E-state index >= 15 is 0 Å². The van der Waals surface area contributed by atoms with E-state index in [1.54, 1.807) is 20.8 Å². The molecule has 8 heteroatoms. The zero-order chi connectivity index (χ0) is 15.1. The Labute approximate surface area is 111 Å². The number of amides is 1. The highest BCUT2D eigenvalue weighted by atomic mass is 16.6. The van der Waals surface area contributed by atoms with Crippen molar-refractivity contribution in [1.82, 2.24) is 5.32 Å². The van der Waals surface area contributed by atoms with Crippen LogP contribution in [0.1, 0.15) is 27.2 Å². The topological polar surface area (TPSA) is 110 Å². The molecule has 0 unspecified atom stereocenters. The second-order valence-corrected chi connectivity index (χ2v) is 4.74. The van der Waals surface area contributed by atoms with Gasteiger partial charge in [-0.25, -0.2) is 4.79 Å². The van der Waals surface area contributed by atoms with Crippen LogP contribution in [0.5, 0.6) is 0 Å². The number of alkyl carbamates (subject to hydrolysis) is 1. The number of hydrogen-bond acceptors (Lipinski definition) is 6. The van der Waals surface area contributed by atoms with Crippen molar-refractivity contribution in [1.29, 1.82) is 5.39 Å². The summed E-state index contributed by atoms with van der Waals surface area (Å²) in [4.78, 5) is 36.9. The molecule has 0 bridgehead atoms. The van der Waals surface area contributed by atoms with Gasteiger partial charge in [-0.05, 0) is 20.8 Å². The SMILES string of the molecule is COC(=O)C[C@H](NC(=O)OC(C)(C)C)C(=O)C[N+]#N. The van der Waals surface area contributed by atoms with E-state index in [-0.39, 0.29) is 6.42 Å². The molecular formula is C11H18N3O5+. The van der Waals surface area contributed by atoms with E-state index < -0.39 is 36.0 Å². The first-order chi connectivity index (χ1) is 8.69. The summed E-state index contributed by atoms with van der Waals surface area (Å²) < 4.78 is 9.38. The van der Waals surface area contributed by atoms with Gasteiger partial charge in [0.25, 0.3) is 0 Å². The van der Waals surface area contributed by atoms with Crippen molar-refractivity contribution in [2.45, 2.75) is 38.8 Å². The Balaban J connectivity index is 4.67. The average molecular weight is 272 g/mol. The molecule has 106 valence electrons. The number of ketones is 1. The van der Waals surface area contributed by atoms with Gasteiger partial charge in [0.15, 0.2) is 0 Å². The third-order valence-corrected chi connectivity index (χ3v) is 1.90. The van der Waals surface area contributed by atoms with Crippen molar-refractivity contribution in [3.05, 3.63) is 4.98 Å². The second kappa shape index (κ2) is 7.31. The van der Waals surface area contributed by atoms with Crippen LogP contribution in [0.2, 0.25) is 0 Å². The maximum Gasteiger partial charge on any atom is 0.408 e. The third-order valence-electron chi connectivity index (χ3n) is 1.90. The monoisotopic (exact) mass is 272 g/mol. The van der Waals surface area contributed by atoms with Gasteiger partial charge in [0.1, 0.15) is 16.6 Å². The molecule has 0 aliphatic rings. The average Bonchev–Trinajstić information content (AvgIpc) is 2.25. The van der Waals surface area contributed by atoms with Gasteiger partial charge in [-0.1, -0.05) is 0 Å².